The Kier molecular flexibility index (Phi) is 3.47. The molecule has 1 heterocycles. The monoisotopic (exact) mass is 295 g/mol. The minimum Gasteiger partial charge on any atom is -0.465 e. The molecule has 2 amide bonds. The maximum atomic E-state index is 12.3. The lowest BCUT2D eigenvalue weighted by atomic mass is 10.1. The van der Waals surface area contributed by atoms with Crippen molar-refractivity contribution in [3.63, 3.8) is 0 Å². The van der Waals surface area contributed by atoms with E-state index in [4.69, 9.17) is 0 Å². The average Bonchev–Trinajstić information content (AvgIpc) is 2.80. The molecule has 1 aliphatic heterocycles. The first kappa shape index (κ1) is 14.0. The van der Waals surface area contributed by atoms with Gasteiger partial charge in [0.25, 0.3) is 11.8 Å². The zero-order valence-corrected chi connectivity index (χ0v) is 11.9. The number of nitrogens with zero attached hydrogens (tertiary/aromatic N) is 1. The van der Waals surface area contributed by atoms with Gasteiger partial charge in [-0.15, -0.1) is 0 Å². The number of hydrogen-bond acceptors (Lipinski definition) is 4. The van der Waals surface area contributed by atoms with Crippen LogP contribution in [0.4, 0.5) is 0 Å². The third-order valence-corrected chi connectivity index (χ3v) is 3.59. The van der Waals surface area contributed by atoms with Crippen LogP contribution < -0.4 is 0 Å². The van der Waals surface area contributed by atoms with Crippen LogP contribution in [0.2, 0.25) is 0 Å². The molecule has 0 bridgehead atoms. The van der Waals surface area contributed by atoms with Gasteiger partial charge in [-0.2, -0.15) is 0 Å². The van der Waals surface area contributed by atoms with Crippen molar-refractivity contribution in [2.75, 3.05) is 7.11 Å². The van der Waals surface area contributed by atoms with E-state index in [1.54, 1.807) is 48.5 Å². The first-order valence-electron chi connectivity index (χ1n) is 6.74. The first-order chi connectivity index (χ1) is 10.6. The van der Waals surface area contributed by atoms with Gasteiger partial charge in [-0.3, -0.25) is 14.5 Å². The Morgan fingerprint density at radius 3 is 2.00 bits per heavy atom. The highest BCUT2D eigenvalue weighted by molar-refractivity contribution is 6.21. The van der Waals surface area contributed by atoms with Crippen LogP contribution in [0.15, 0.2) is 48.5 Å². The van der Waals surface area contributed by atoms with E-state index >= 15 is 0 Å². The van der Waals surface area contributed by atoms with Gasteiger partial charge < -0.3 is 4.74 Å². The Labute approximate surface area is 127 Å². The third-order valence-electron chi connectivity index (χ3n) is 3.59. The molecule has 5 nitrogen and oxygen atoms in total. The van der Waals surface area contributed by atoms with Gasteiger partial charge in [0.2, 0.25) is 0 Å². The Hall–Kier alpha value is -2.95. The van der Waals surface area contributed by atoms with Gasteiger partial charge >= 0.3 is 5.97 Å². The number of benzene rings is 2. The molecule has 1 aliphatic rings. The Balaban J connectivity index is 1.81. The van der Waals surface area contributed by atoms with Gasteiger partial charge in [-0.05, 0) is 29.8 Å². The number of imide groups is 1. The number of fused-ring (bicyclic) bond motifs is 1. The highest BCUT2D eigenvalue weighted by Gasteiger charge is 2.34. The lowest BCUT2D eigenvalue weighted by Gasteiger charge is -2.14. The van der Waals surface area contributed by atoms with Gasteiger partial charge in [0.05, 0.1) is 30.3 Å². The predicted octanol–water partition coefficient (Wildman–Crippen LogP) is 2.27. The van der Waals surface area contributed by atoms with Crippen molar-refractivity contribution in [3.8, 4) is 0 Å². The molecule has 0 saturated carbocycles. The molecule has 0 unspecified atom stereocenters. The maximum Gasteiger partial charge on any atom is 0.337 e. The number of rotatable bonds is 3. The van der Waals surface area contributed by atoms with Crippen molar-refractivity contribution < 1.29 is 19.1 Å². The van der Waals surface area contributed by atoms with E-state index in [-0.39, 0.29) is 18.4 Å². The number of methoxy groups -OCH3 is 1. The summed E-state index contributed by atoms with van der Waals surface area (Å²) in [6, 6.07) is 13.4. The number of carbonyl (C=O) groups is 3. The first-order valence-corrected chi connectivity index (χ1v) is 6.74. The SMILES string of the molecule is COC(=O)c1ccc(CN2C(=O)c3ccccc3C2=O)cc1. The molecular weight excluding hydrogens is 282 g/mol. The van der Waals surface area contributed by atoms with Crippen LogP contribution in [0.3, 0.4) is 0 Å². The van der Waals surface area contributed by atoms with Crippen LogP contribution in [0.25, 0.3) is 0 Å². The predicted molar refractivity (Wildman–Crippen MR) is 78.4 cm³/mol. The van der Waals surface area contributed by atoms with Crippen molar-refractivity contribution in [3.05, 3.63) is 70.8 Å². The number of carbonyl (C=O) groups excluding carboxylic acids is 3. The summed E-state index contributed by atoms with van der Waals surface area (Å²) in [5.41, 5.74) is 2.05. The molecule has 0 N–H and O–H groups in total. The summed E-state index contributed by atoms with van der Waals surface area (Å²) in [5.74, 6) is -1.01. The van der Waals surface area contributed by atoms with Gasteiger partial charge in [0.1, 0.15) is 0 Å². The minimum absolute atomic E-state index is 0.174. The summed E-state index contributed by atoms with van der Waals surface area (Å²) in [4.78, 5) is 37.1. The fraction of sp³-hybridized carbons (Fsp3) is 0.118. The topological polar surface area (TPSA) is 63.7 Å². The maximum absolute atomic E-state index is 12.3. The van der Waals surface area contributed by atoms with E-state index in [1.807, 2.05) is 0 Å². The molecule has 2 aromatic rings. The van der Waals surface area contributed by atoms with Crippen molar-refractivity contribution in [2.24, 2.45) is 0 Å². The van der Waals surface area contributed by atoms with Crippen LogP contribution in [-0.4, -0.2) is 29.8 Å². The summed E-state index contributed by atoms with van der Waals surface area (Å²) in [6.45, 7) is 0.174. The second-order valence-corrected chi connectivity index (χ2v) is 4.93. The minimum atomic E-state index is -0.424. The van der Waals surface area contributed by atoms with Gasteiger partial charge in [0, 0.05) is 0 Å². The van der Waals surface area contributed by atoms with E-state index in [0.29, 0.717) is 16.7 Å². The largest absolute Gasteiger partial charge is 0.465 e. The van der Waals surface area contributed by atoms with Crippen LogP contribution in [0, 0.1) is 0 Å². The van der Waals surface area contributed by atoms with Crippen molar-refractivity contribution in [1.82, 2.24) is 4.90 Å². The normalized spacial score (nSPS) is 13.2. The molecule has 0 atom stereocenters. The molecule has 2 aromatic carbocycles. The summed E-state index contributed by atoms with van der Waals surface area (Å²) < 4.78 is 4.63. The van der Waals surface area contributed by atoms with Crippen molar-refractivity contribution in [2.45, 2.75) is 6.54 Å². The second kappa shape index (κ2) is 5.44. The lowest BCUT2D eigenvalue weighted by Crippen LogP contribution is -2.29. The van der Waals surface area contributed by atoms with E-state index in [0.717, 1.165) is 5.56 Å². The fourth-order valence-electron chi connectivity index (χ4n) is 2.43. The molecule has 0 aromatic heterocycles. The number of amides is 2. The molecule has 0 spiro atoms. The molecule has 0 fully saturated rings. The highest BCUT2D eigenvalue weighted by Crippen LogP contribution is 2.24. The summed E-state index contributed by atoms with van der Waals surface area (Å²) >= 11 is 0. The number of hydrogen-bond donors (Lipinski definition) is 0. The Morgan fingerprint density at radius 2 is 1.50 bits per heavy atom. The zero-order valence-electron chi connectivity index (χ0n) is 11.9. The van der Waals surface area contributed by atoms with Gasteiger partial charge in [0.15, 0.2) is 0 Å². The highest BCUT2D eigenvalue weighted by atomic mass is 16.5. The van der Waals surface area contributed by atoms with E-state index in [1.165, 1.54) is 12.0 Å². The van der Waals surface area contributed by atoms with Crippen LogP contribution >= 0.6 is 0 Å². The summed E-state index contributed by atoms with van der Waals surface area (Å²) in [5, 5.41) is 0. The number of esters is 1. The van der Waals surface area contributed by atoms with Gasteiger partial charge in [-0.25, -0.2) is 4.79 Å². The molecular formula is C17H13NO4. The third kappa shape index (κ3) is 2.26. The van der Waals surface area contributed by atoms with Crippen LogP contribution in [-0.2, 0) is 11.3 Å². The molecule has 0 radical (unpaired) electrons. The number of ether oxygens (including phenoxy) is 1. The van der Waals surface area contributed by atoms with Crippen molar-refractivity contribution >= 4 is 17.8 Å². The summed E-state index contributed by atoms with van der Waals surface area (Å²) in [6.07, 6.45) is 0. The fourth-order valence-corrected chi connectivity index (χ4v) is 2.43. The van der Waals surface area contributed by atoms with E-state index in [2.05, 4.69) is 4.74 Å². The lowest BCUT2D eigenvalue weighted by molar-refractivity contribution is 0.0596. The second-order valence-electron chi connectivity index (χ2n) is 4.93. The Morgan fingerprint density at radius 1 is 0.955 bits per heavy atom. The quantitative estimate of drug-likeness (QED) is 0.643. The average molecular weight is 295 g/mol. The molecule has 110 valence electrons. The van der Waals surface area contributed by atoms with Crippen LogP contribution in [0.1, 0.15) is 36.6 Å². The van der Waals surface area contributed by atoms with E-state index in [9.17, 15) is 14.4 Å². The Bertz CT molecular complexity index is 729. The standard InChI is InChI=1S/C17H13NO4/c1-22-17(21)12-8-6-11(7-9-12)10-18-15(19)13-4-2-3-5-14(13)16(18)20/h2-9H,10H2,1H3. The zero-order chi connectivity index (χ0) is 15.7. The molecule has 0 aliphatic carbocycles. The smallest absolute Gasteiger partial charge is 0.337 e. The van der Waals surface area contributed by atoms with Crippen molar-refractivity contribution in [1.29, 1.82) is 0 Å². The molecule has 3 rings (SSSR count). The van der Waals surface area contributed by atoms with E-state index < -0.39 is 5.97 Å². The molecule has 5 heteroatoms. The summed E-state index contributed by atoms with van der Waals surface area (Å²) in [7, 11) is 1.31. The molecule has 22 heavy (non-hydrogen) atoms. The van der Waals surface area contributed by atoms with Crippen LogP contribution in [0.5, 0.6) is 0 Å². The van der Waals surface area contributed by atoms with Gasteiger partial charge in [-0.1, -0.05) is 24.3 Å². The molecule has 0 saturated heterocycles.